The molecule has 1 saturated heterocycles. The van der Waals surface area contributed by atoms with Crippen LogP contribution in [0.4, 0.5) is 0 Å². The van der Waals surface area contributed by atoms with E-state index < -0.39 is 18.1 Å². The van der Waals surface area contributed by atoms with E-state index in [2.05, 4.69) is 6.07 Å². The van der Waals surface area contributed by atoms with E-state index in [1.807, 2.05) is 30.3 Å². The molecule has 0 aliphatic carbocycles. The minimum absolute atomic E-state index is 0.341. The third-order valence-electron chi connectivity index (χ3n) is 5.63. The summed E-state index contributed by atoms with van der Waals surface area (Å²) in [6.45, 7) is 0. The molecule has 3 aromatic carbocycles. The Balaban J connectivity index is 1.66. The number of carbonyl (C=O) groups excluding carboxylic acids is 1. The van der Waals surface area contributed by atoms with Gasteiger partial charge in [0.05, 0.1) is 17.7 Å². The highest BCUT2D eigenvalue weighted by atomic mass is 35.5. The molecule has 3 aromatic rings. The van der Waals surface area contributed by atoms with Gasteiger partial charge < -0.3 is 10.0 Å². The number of carboxylic acid groups (broad SMARTS) is 1. The van der Waals surface area contributed by atoms with Crippen molar-refractivity contribution in [2.75, 3.05) is 0 Å². The fourth-order valence-electron chi connectivity index (χ4n) is 4.11. The molecule has 0 bridgehead atoms. The van der Waals surface area contributed by atoms with Crippen LogP contribution in [0.25, 0.3) is 11.1 Å². The summed E-state index contributed by atoms with van der Waals surface area (Å²) in [4.78, 5) is 26.7. The quantitative estimate of drug-likeness (QED) is 0.608. The lowest BCUT2D eigenvalue weighted by Crippen LogP contribution is -2.41. The van der Waals surface area contributed by atoms with Crippen LogP contribution < -0.4 is 0 Å². The molecule has 1 aliphatic heterocycles. The average Bonchev–Trinajstić information content (AvgIpc) is 3.24. The van der Waals surface area contributed by atoms with E-state index in [1.165, 1.54) is 4.90 Å². The molecule has 154 valence electrons. The van der Waals surface area contributed by atoms with E-state index in [-0.39, 0.29) is 5.91 Å². The lowest BCUT2D eigenvalue weighted by atomic mass is 10.0. The summed E-state index contributed by atoms with van der Waals surface area (Å²) in [5.74, 6) is -1.36. The Bertz CT molecular complexity index is 1180. The number of nitriles is 1. The maximum absolute atomic E-state index is 13.4. The van der Waals surface area contributed by atoms with Crippen LogP contribution in [0.2, 0.25) is 5.02 Å². The monoisotopic (exact) mass is 430 g/mol. The molecular weight excluding hydrogens is 412 g/mol. The summed E-state index contributed by atoms with van der Waals surface area (Å²) in [6, 6.07) is 22.3. The molecule has 6 heteroatoms. The van der Waals surface area contributed by atoms with Crippen molar-refractivity contribution in [3.05, 3.63) is 94.5 Å². The Kier molecular flexibility index (Phi) is 5.75. The number of hydrogen-bond acceptors (Lipinski definition) is 3. The maximum Gasteiger partial charge on any atom is 0.326 e. The topological polar surface area (TPSA) is 81.4 Å². The number of likely N-dealkylation sites (tertiary alicyclic amines) is 1. The Morgan fingerprint density at radius 1 is 0.968 bits per heavy atom. The molecule has 0 saturated carbocycles. The number of amides is 1. The molecular formula is C25H19ClN2O3. The van der Waals surface area contributed by atoms with Gasteiger partial charge in [-0.15, -0.1) is 0 Å². The van der Waals surface area contributed by atoms with Gasteiger partial charge in [0, 0.05) is 10.6 Å². The molecule has 1 fully saturated rings. The van der Waals surface area contributed by atoms with Crippen LogP contribution in [0.3, 0.4) is 0 Å². The zero-order valence-electron chi connectivity index (χ0n) is 16.5. The van der Waals surface area contributed by atoms with Crippen molar-refractivity contribution in [1.82, 2.24) is 4.90 Å². The molecule has 31 heavy (non-hydrogen) atoms. The zero-order chi connectivity index (χ0) is 22.0. The molecule has 0 aromatic heterocycles. The molecule has 0 spiro atoms. The highest BCUT2D eigenvalue weighted by Gasteiger charge is 2.42. The number of carboxylic acids is 1. The summed E-state index contributed by atoms with van der Waals surface area (Å²) < 4.78 is 0. The lowest BCUT2D eigenvalue weighted by Gasteiger charge is -2.29. The van der Waals surface area contributed by atoms with Crippen molar-refractivity contribution in [2.24, 2.45) is 0 Å². The van der Waals surface area contributed by atoms with Crippen molar-refractivity contribution in [3.63, 3.8) is 0 Å². The van der Waals surface area contributed by atoms with Crippen molar-refractivity contribution in [1.29, 1.82) is 5.26 Å². The maximum atomic E-state index is 13.4. The number of hydrogen-bond donors (Lipinski definition) is 1. The second kappa shape index (κ2) is 8.63. The fraction of sp³-hybridized carbons (Fsp3) is 0.160. The van der Waals surface area contributed by atoms with Crippen LogP contribution in [-0.4, -0.2) is 27.9 Å². The molecule has 0 radical (unpaired) electrons. The number of benzene rings is 3. The van der Waals surface area contributed by atoms with Crippen LogP contribution in [0, 0.1) is 11.3 Å². The second-order valence-electron chi connectivity index (χ2n) is 7.45. The number of rotatable bonds is 4. The Morgan fingerprint density at radius 3 is 2.39 bits per heavy atom. The van der Waals surface area contributed by atoms with E-state index in [4.69, 9.17) is 16.9 Å². The molecule has 5 nitrogen and oxygen atoms in total. The van der Waals surface area contributed by atoms with Gasteiger partial charge in [0.2, 0.25) is 0 Å². The van der Waals surface area contributed by atoms with Gasteiger partial charge in [-0.3, -0.25) is 4.79 Å². The van der Waals surface area contributed by atoms with Crippen molar-refractivity contribution >= 4 is 23.5 Å². The molecule has 1 amide bonds. The minimum atomic E-state index is -1.02. The Labute approximate surface area is 185 Å². The highest BCUT2D eigenvalue weighted by molar-refractivity contribution is 6.31. The summed E-state index contributed by atoms with van der Waals surface area (Å²) in [7, 11) is 0. The highest BCUT2D eigenvalue weighted by Crippen LogP contribution is 2.40. The number of halogens is 1. The number of carbonyl (C=O) groups is 2. The predicted octanol–water partition coefficient (Wildman–Crippen LogP) is 5.31. The molecule has 0 unspecified atom stereocenters. The van der Waals surface area contributed by atoms with Gasteiger partial charge in [-0.2, -0.15) is 5.26 Å². The van der Waals surface area contributed by atoms with Gasteiger partial charge in [-0.25, -0.2) is 4.79 Å². The number of nitrogens with zero attached hydrogens (tertiary/aromatic N) is 2. The molecule has 1 heterocycles. The summed E-state index contributed by atoms with van der Waals surface area (Å²) in [5.41, 5.74) is 3.46. The Morgan fingerprint density at radius 2 is 1.71 bits per heavy atom. The van der Waals surface area contributed by atoms with Crippen molar-refractivity contribution < 1.29 is 14.7 Å². The first-order chi connectivity index (χ1) is 15.0. The Hall–Kier alpha value is -3.62. The molecule has 1 aliphatic rings. The van der Waals surface area contributed by atoms with E-state index in [0.29, 0.717) is 29.0 Å². The minimum Gasteiger partial charge on any atom is -0.480 e. The normalized spacial score (nSPS) is 17.9. The van der Waals surface area contributed by atoms with Crippen LogP contribution in [0.1, 0.15) is 40.4 Å². The lowest BCUT2D eigenvalue weighted by molar-refractivity contribution is -0.141. The molecule has 1 N–H and O–H groups in total. The smallest absolute Gasteiger partial charge is 0.326 e. The van der Waals surface area contributed by atoms with Gasteiger partial charge in [0.15, 0.2) is 0 Å². The van der Waals surface area contributed by atoms with Gasteiger partial charge >= 0.3 is 5.97 Å². The van der Waals surface area contributed by atoms with Gasteiger partial charge in [0.25, 0.3) is 5.91 Å². The van der Waals surface area contributed by atoms with Crippen LogP contribution in [0.15, 0.2) is 72.8 Å². The SMILES string of the molecule is N#Cc1cccc(-c2ccc(C(=O)N3[C@@H](c4ccccc4Cl)CC[C@H]3C(=O)O)cc2)c1. The zero-order valence-corrected chi connectivity index (χ0v) is 17.3. The van der Waals surface area contributed by atoms with Gasteiger partial charge in [-0.05, 0) is 59.9 Å². The molecule has 2 atom stereocenters. The summed E-state index contributed by atoms with van der Waals surface area (Å²) >= 11 is 6.35. The van der Waals surface area contributed by atoms with Crippen molar-refractivity contribution in [2.45, 2.75) is 24.9 Å². The average molecular weight is 431 g/mol. The first kappa shape index (κ1) is 20.6. The van der Waals surface area contributed by atoms with Gasteiger partial charge in [-0.1, -0.05) is 54.1 Å². The van der Waals surface area contributed by atoms with Crippen LogP contribution >= 0.6 is 11.6 Å². The first-order valence-electron chi connectivity index (χ1n) is 9.90. The van der Waals surface area contributed by atoms with Crippen LogP contribution in [0.5, 0.6) is 0 Å². The van der Waals surface area contributed by atoms with E-state index in [0.717, 1.165) is 16.7 Å². The fourth-order valence-corrected chi connectivity index (χ4v) is 4.37. The predicted molar refractivity (Wildman–Crippen MR) is 118 cm³/mol. The number of aliphatic carboxylic acids is 1. The first-order valence-corrected chi connectivity index (χ1v) is 10.3. The van der Waals surface area contributed by atoms with Crippen molar-refractivity contribution in [3.8, 4) is 17.2 Å². The van der Waals surface area contributed by atoms with E-state index in [9.17, 15) is 14.7 Å². The summed E-state index contributed by atoms with van der Waals surface area (Å²) in [5, 5.41) is 19.3. The standard InChI is InChI=1S/C25H19ClN2O3/c26-21-7-2-1-6-20(21)22-12-13-23(25(30)31)28(22)24(29)18-10-8-17(9-11-18)19-5-3-4-16(14-19)15-27/h1-11,14,22-23H,12-13H2,(H,30,31)/t22-,23+/m1/s1. The third kappa shape index (κ3) is 4.03. The third-order valence-corrected chi connectivity index (χ3v) is 5.97. The van der Waals surface area contributed by atoms with E-state index >= 15 is 0 Å². The van der Waals surface area contributed by atoms with E-state index in [1.54, 1.807) is 42.5 Å². The second-order valence-corrected chi connectivity index (χ2v) is 7.86. The molecule has 4 rings (SSSR count). The van der Waals surface area contributed by atoms with Crippen LogP contribution in [-0.2, 0) is 4.79 Å². The largest absolute Gasteiger partial charge is 0.480 e. The summed E-state index contributed by atoms with van der Waals surface area (Å²) in [6.07, 6.45) is 0.904. The van der Waals surface area contributed by atoms with Gasteiger partial charge in [0.1, 0.15) is 6.04 Å².